The van der Waals surface area contributed by atoms with Gasteiger partial charge in [-0.15, -0.1) is 4.65 Å². The molecule has 4 N–H and O–H groups in total. The first kappa shape index (κ1) is 37.3. The highest BCUT2D eigenvalue weighted by atomic mass is 16.7. The molecular formula is C42H52N3O7+. The van der Waals surface area contributed by atoms with Gasteiger partial charge in [0.05, 0.1) is 18.8 Å². The lowest BCUT2D eigenvalue weighted by atomic mass is 10.0. The number of carbonyl (C=O) groups excluding carboxylic acids is 2. The Balaban J connectivity index is 1.23. The number of hydrogen-bond acceptors (Lipinski definition) is 7. The fourth-order valence-corrected chi connectivity index (χ4v) is 7.78. The Labute approximate surface area is 306 Å². The summed E-state index contributed by atoms with van der Waals surface area (Å²) in [6.07, 6.45) is 0.271. The van der Waals surface area contributed by atoms with Crippen LogP contribution in [0.4, 0.5) is 0 Å². The normalized spacial score (nSPS) is 21.8. The number of fused-ring (bicyclic) bond motifs is 2. The number of aliphatic hydroxyl groups is 3. The summed E-state index contributed by atoms with van der Waals surface area (Å²) in [5.74, 6) is 0.945. The van der Waals surface area contributed by atoms with Crippen LogP contribution in [0.2, 0.25) is 0 Å². The molecular weight excluding hydrogens is 658 g/mol. The van der Waals surface area contributed by atoms with Gasteiger partial charge in [0.25, 0.3) is 5.91 Å². The molecule has 1 aliphatic heterocycles. The van der Waals surface area contributed by atoms with Gasteiger partial charge in [0.2, 0.25) is 11.9 Å². The summed E-state index contributed by atoms with van der Waals surface area (Å²) in [6, 6.07) is 27.9. The molecule has 0 bridgehead atoms. The summed E-state index contributed by atoms with van der Waals surface area (Å²) in [6.45, 7) is 6.86. The summed E-state index contributed by atoms with van der Waals surface area (Å²) in [5.41, 5.74) is 2.35. The molecule has 1 heterocycles. The highest BCUT2D eigenvalue weighted by molar-refractivity contribution is 5.88. The quantitative estimate of drug-likeness (QED) is 0.132. The average molecular weight is 711 g/mol. The van der Waals surface area contributed by atoms with Gasteiger partial charge in [-0.25, -0.2) is 0 Å². The zero-order valence-electron chi connectivity index (χ0n) is 30.4. The molecule has 1 aliphatic carbocycles. The molecule has 52 heavy (non-hydrogen) atoms. The number of hydroxylamine groups is 3. The number of aliphatic hydroxyl groups excluding tert-OH is 3. The monoisotopic (exact) mass is 710 g/mol. The van der Waals surface area contributed by atoms with Gasteiger partial charge >= 0.3 is 0 Å². The number of nitrogens with zero attached hydrogens (tertiary/aromatic N) is 2. The van der Waals surface area contributed by atoms with Gasteiger partial charge in [-0.2, -0.15) is 0 Å². The molecule has 0 spiro atoms. The summed E-state index contributed by atoms with van der Waals surface area (Å²) in [7, 11) is 0. The highest BCUT2D eigenvalue weighted by Gasteiger charge is 2.51. The molecule has 276 valence electrons. The lowest BCUT2D eigenvalue weighted by molar-refractivity contribution is -1.08. The minimum Gasteiger partial charge on any atom is -0.491 e. The lowest BCUT2D eigenvalue weighted by Crippen LogP contribution is -2.63. The molecule has 1 fully saturated rings. The molecule has 2 aliphatic rings. The largest absolute Gasteiger partial charge is 0.491 e. The van der Waals surface area contributed by atoms with Crippen LogP contribution in [0, 0.1) is 0 Å². The van der Waals surface area contributed by atoms with E-state index >= 15 is 0 Å². The van der Waals surface area contributed by atoms with E-state index in [4.69, 9.17) is 14.7 Å². The Hall–Kier alpha value is -4.48. The van der Waals surface area contributed by atoms with Gasteiger partial charge in [-0.1, -0.05) is 72.8 Å². The van der Waals surface area contributed by atoms with E-state index in [1.54, 1.807) is 17.0 Å². The fraction of sp³-hybridized carbons (Fsp3) is 0.429. The van der Waals surface area contributed by atoms with Crippen molar-refractivity contribution in [3.63, 3.8) is 0 Å². The maximum absolute atomic E-state index is 14.2. The second kappa shape index (κ2) is 16.0. The third-order valence-corrected chi connectivity index (χ3v) is 10.1. The topological polar surface area (TPSA) is 129 Å². The predicted molar refractivity (Wildman–Crippen MR) is 199 cm³/mol. The van der Waals surface area contributed by atoms with Crippen molar-refractivity contribution in [1.82, 2.24) is 10.2 Å². The van der Waals surface area contributed by atoms with Gasteiger partial charge < -0.3 is 35.1 Å². The van der Waals surface area contributed by atoms with Crippen LogP contribution in [0.1, 0.15) is 69.2 Å². The van der Waals surface area contributed by atoms with Crippen LogP contribution in [0.15, 0.2) is 91.0 Å². The minimum atomic E-state index is -0.951. The van der Waals surface area contributed by atoms with Crippen LogP contribution in [0.3, 0.4) is 0 Å². The first-order valence-electron chi connectivity index (χ1n) is 18.4. The Morgan fingerprint density at radius 1 is 0.981 bits per heavy atom. The Morgan fingerprint density at radius 2 is 1.71 bits per heavy atom. The second-order valence-electron chi connectivity index (χ2n) is 15.2. The summed E-state index contributed by atoms with van der Waals surface area (Å²) in [4.78, 5) is 36.6. The standard InChI is InChI=1S/C42H51N3O7/c1-42(2,3)43-41(50)36-15-9-23-45(36,52-38-16-8-12-30-10-4-6-13-34(30)38)28-32(47)19-22-39(49)44(27-29-17-20-33(21-18-29)51-25-24-46)40-35-14-7-5-11-31(35)26-37(40)48/h4-8,10-14,16-18,20-21,32,36-37,40,46-48H,9,15,19,22-28H2,1-3H3/p+1/t32-,36+,37+,40-,45?/m0/s1. The molecule has 0 saturated carbocycles. The van der Waals surface area contributed by atoms with Crippen molar-refractivity contribution in [2.24, 2.45) is 0 Å². The molecule has 0 aromatic heterocycles. The van der Waals surface area contributed by atoms with Gasteiger partial charge in [0.15, 0.2) is 5.75 Å². The number of amides is 2. The summed E-state index contributed by atoms with van der Waals surface area (Å²) < 4.78 is 5.45. The summed E-state index contributed by atoms with van der Waals surface area (Å²) in [5, 5.41) is 37.2. The Kier molecular flexibility index (Phi) is 11.5. The van der Waals surface area contributed by atoms with Crippen LogP contribution in [0.25, 0.3) is 10.8 Å². The molecule has 6 rings (SSSR count). The van der Waals surface area contributed by atoms with Crippen molar-refractivity contribution in [3.05, 3.63) is 108 Å². The van der Waals surface area contributed by atoms with E-state index in [-0.39, 0.29) is 55.6 Å². The molecule has 2 amide bonds. The van der Waals surface area contributed by atoms with E-state index in [0.717, 1.165) is 33.9 Å². The SMILES string of the molecule is CC(C)(C)NC(=O)[C@H]1CCC[N+]1(C[C@@H](O)CCC(=O)N(Cc1ccc(OCCO)cc1)[C@H]1c2ccccc2C[C@H]1O)Oc1cccc2ccccc12. The number of rotatable bonds is 14. The van der Waals surface area contributed by atoms with Crippen molar-refractivity contribution in [2.75, 3.05) is 26.3 Å². The van der Waals surface area contributed by atoms with Crippen molar-refractivity contribution in [1.29, 1.82) is 0 Å². The van der Waals surface area contributed by atoms with Crippen LogP contribution in [-0.2, 0) is 22.6 Å². The van der Waals surface area contributed by atoms with Crippen LogP contribution in [0.5, 0.6) is 11.5 Å². The van der Waals surface area contributed by atoms with Crippen LogP contribution >= 0.6 is 0 Å². The molecule has 0 radical (unpaired) electrons. The smallest absolute Gasteiger partial charge is 0.282 e. The fourth-order valence-electron chi connectivity index (χ4n) is 7.78. The number of benzene rings is 4. The van der Waals surface area contributed by atoms with Gasteiger partial charge in [-0.05, 0) is 67.5 Å². The average Bonchev–Trinajstić information content (AvgIpc) is 3.68. The number of ether oxygens (including phenoxy) is 1. The van der Waals surface area contributed by atoms with Crippen molar-refractivity contribution >= 4 is 22.6 Å². The van der Waals surface area contributed by atoms with E-state index in [0.29, 0.717) is 30.9 Å². The third kappa shape index (κ3) is 8.58. The Morgan fingerprint density at radius 3 is 2.48 bits per heavy atom. The molecule has 4 aromatic carbocycles. The third-order valence-electron chi connectivity index (χ3n) is 10.1. The van der Waals surface area contributed by atoms with Gasteiger partial charge in [0.1, 0.15) is 31.5 Å². The molecule has 5 atom stereocenters. The number of quaternary nitrogens is 1. The van der Waals surface area contributed by atoms with E-state index < -0.39 is 29.8 Å². The minimum absolute atomic E-state index is 0.0391. The van der Waals surface area contributed by atoms with Gasteiger partial charge in [-0.3, -0.25) is 9.59 Å². The maximum Gasteiger partial charge on any atom is 0.282 e. The second-order valence-corrected chi connectivity index (χ2v) is 15.2. The number of hydrogen-bond donors (Lipinski definition) is 4. The van der Waals surface area contributed by atoms with Gasteiger partial charge in [0, 0.05) is 43.2 Å². The molecule has 4 aromatic rings. The molecule has 10 nitrogen and oxygen atoms in total. The Bertz CT molecular complexity index is 1840. The van der Waals surface area contributed by atoms with E-state index in [1.807, 2.05) is 99.6 Å². The van der Waals surface area contributed by atoms with E-state index in [1.165, 1.54) is 0 Å². The number of carbonyl (C=O) groups is 2. The zero-order chi connectivity index (χ0) is 36.9. The van der Waals surface area contributed by atoms with E-state index in [9.17, 15) is 19.8 Å². The number of nitrogens with one attached hydrogen (secondary N) is 1. The maximum atomic E-state index is 14.2. The number of likely N-dealkylation sites (tertiary alicyclic amines) is 1. The van der Waals surface area contributed by atoms with Crippen molar-refractivity contribution < 1.29 is 39.1 Å². The van der Waals surface area contributed by atoms with Crippen molar-refractivity contribution in [3.8, 4) is 11.5 Å². The van der Waals surface area contributed by atoms with E-state index in [2.05, 4.69) is 5.32 Å². The molecule has 10 heteroatoms. The first-order valence-corrected chi connectivity index (χ1v) is 18.4. The molecule has 1 saturated heterocycles. The molecule has 1 unspecified atom stereocenters. The van der Waals surface area contributed by atoms with Crippen LogP contribution < -0.4 is 14.9 Å². The zero-order valence-corrected chi connectivity index (χ0v) is 30.4. The van der Waals surface area contributed by atoms with Crippen molar-refractivity contribution in [2.45, 2.75) is 89.3 Å². The summed E-state index contributed by atoms with van der Waals surface area (Å²) >= 11 is 0. The lowest BCUT2D eigenvalue weighted by Gasteiger charge is -2.39. The highest BCUT2D eigenvalue weighted by Crippen LogP contribution is 2.38. The predicted octanol–water partition coefficient (Wildman–Crippen LogP) is 5.23. The first-order chi connectivity index (χ1) is 25.0. The van der Waals surface area contributed by atoms with Crippen LogP contribution in [-0.4, -0.2) is 86.8 Å².